The van der Waals surface area contributed by atoms with Gasteiger partial charge in [0.2, 0.25) is 5.82 Å². The molecule has 0 saturated heterocycles. The van der Waals surface area contributed by atoms with Crippen molar-refractivity contribution in [1.29, 1.82) is 0 Å². The van der Waals surface area contributed by atoms with Gasteiger partial charge in [-0.3, -0.25) is 25.3 Å². The zero-order valence-corrected chi connectivity index (χ0v) is 55.0. The fraction of sp³-hybridized carbons (Fsp3) is 0.232. The van der Waals surface area contributed by atoms with Gasteiger partial charge in [0.05, 0.1) is 32.1 Å². The van der Waals surface area contributed by atoms with E-state index in [4.69, 9.17) is 64.3 Å². The number of pyridine rings is 5. The number of fused-ring (bicyclic) bond motifs is 3. The number of carbonyl (C=O) groups excluding carboxylic acids is 3. The summed E-state index contributed by atoms with van der Waals surface area (Å²) in [6.07, 6.45) is 9.37. The second-order valence-electron chi connectivity index (χ2n) is 17.4. The number of aromatic nitrogens is 11. The third-order valence-corrected chi connectivity index (χ3v) is 14.0. The summed E-state index contributed by atoms with van der Waals surface area (Å²) < 4.78 is 85.6. The number of nitrogen functional groups attached to an aromatic ring is 3. The molecule has 0 unspecified atom stereocenters. The molecule has 0 aliphatic carbocycles. The van der Waals surface area contributed by atoms with Crippen LogP contribution in [-0.2, 0) is 82.7 Å². The van der Waals surface area contributed by atoms with Crippen molar-refractivity contribution >= 4 is 90.2 Å². The van der Waals surface area contributed by atoms with Crippen molar-refractivity contribution < 1.29 is 86.5 Å². The van der Waals surface area contributed by atoms with E-state index in [1.165, 1.54) is 26.0 Å². The number of nitrogens with zero attached hydrogens (tertiary/aromatic N) is 11. The van der Waals surface area contributed by atoms with Gasteiger partial charge in [-0.25, -0.2) is 38.3 Å². The summed E-state index contributed by atoms with van der Waals surface area (Å²) in [4.78, 5) is 46.1. The molecule has 10 aromatic rings. The SMILES string of the molecule is COC(=O)CCl.COC(=O)CO.COS(=O)(=O)c1c(C)cc(C)cc1C.Cc1cc(C)c(S(=O)(=O)ON)c(C)c1.ClCc1nc2ccccn2n1.Nc1cccc[n+]1N.Nc1ccccn1.O=Cc1nc2ccccn2n1.OCc1nc2ccccn2n1.[O]=[Mn]=[O]. The van der Waals surface area contributed by atoms with Crippen LogP contribution in [0, 0.1) is 41.5 Å². The van der Waals surface area contributed by atoms with Gasteiger partial charge in [-0.05, 0) is 118 Å². The van der Waals surface area contributed by atoms with Crippen molar-refractivity contribution in [3.8, 4) is 0 Å². The number of nitrogens with two attached hydrogens (primary N) is 4. The minimum atomic E-state index is -3.80. The van der Waals surface area contributed by atoms with Crippen LogP contribution >= 0.6 is 23.2 Å². The number of rotatable bonds is 9. The Hall–Kier alpha value is -8.99. The Kier molecular flexibility index (Phi) is 37.7. The van der Waals surface area contributed by atoms with E-state index in [-0.39, 0.29) is 28.1 Å². The molecule has 10 rings (SSSR count). The molecule has 0 fully saturated rings. The van der Waals surface area contributed by atoms with Crippen LogP contribution in [0.25, 0.3) is 16.9 Å². The van der Waals surface area contributed by atoms with Crippen LogP contribution in [0.1, 0.15) is 55.6 Å². The van der Waals surface area contributed by atoms with E-state index in [1.54, 1.807) is 96.4 Å². The number of anilines is 2. The first-order valence-electron chi connectivity index (χ1n) is 25.7. The molecule has 491 valence electrons. The molecule has 0 saturated carbocycles. The molecule has 0 bridgehead atoms. The standard InChI is InChI=1S/C10H14O3S.C9H13NO3S.C7H6ClN3.C7H7N3O.C7H5N3O.C5H7N3.C5H6N2.C3H5ClO2.C3H6O3.Mn.2O/c1-7-5-8(2)10(9(3)6-7)14(11,12)13-4;1-6-4-7(2)9(8(3)5-6)14(11,12)13-10;8-5-6-9-7-3-1-2-4-11(7)10-6;2*11-5-6-8-7-3-1-2-4-10(7)9-6;6-5-3-1-2-4-8(5)7;6-5-3-1-2-4-7-5;2*1-6-3(5)2-4;;;/h5-6H,1-4H3;4-5H,10H2,1-3H3;1-4H,5H2;1-4,11H,5H2;1-5H;1-4,6H,7H2;1-4H,(H2,6,7);2H2,1H3;4H,2H2,1H3;;;/p+1. The quantitative estimate of drug-likeness (QED) is 0.0168. The van der Waals surface area contributed by atoms with Crippen molar-refractivity contribution in [1.82, 2.24) is 48.8 Å². The third kappa shape index (κ3) is 29.5. The zero-order chi connectivity index (χ0) is 68.7. The molecular formula is C56H70Cl2MnN15O15S2+. The molecule has 35 heteroatoms. The van der Waals surface area contributed by atoms with Crippen LogP contribution in [0.2, 0.25) is 0 Å². The van der Waals surface area contributed by atoms with E-state index < -0.39 is 53.6 Å². The molecule has 91 heavy (non-hydrogen) atoms. The van der Waals surface area contributed by atoms with Gasteiger partial charge in [-0.2, -0.15) is 32.1 Å². The van der Waals surface area contributed by atoms with Gasteiger partial charge < -0.3 is 25.4 Å². The van der Waals surface area contributed by atoms with E-state index in [9.17, 15) is 31.2 Å². The number of methoxy groups -OCH3 is 2. The van der Waals surface area contributed by atoms with E-state index in [0.29, 0.717) is 52.2 Å². The van der Waals surface area contributed by atoms with Crippen LogP contribution in [-0.4, -0.2) is 128 Å². The number of aliphatic hydroxyl groups is 2. The topological polar surface area (TPSA) is 442 Å². The van der Waals surface area contributed by atoms with Gasteiger partial charge >= 0.3 is 44.5 Å². The van der Waals surface area contributed by atoms with Gasteiger partial charge in [0.15, 0.2) is 34.9 Å². The fourth-order valence-corrected chi connectivity index (χ4v) is 9.29. The monoisotopic (exact) mass is 1380 g/mol. The maximum absolute atomic E-state index is 11.5. The van der Waals surface area contributed by atoms with E-state index in [2.05, 4.69) is 53.2 Å². The number of alkyl halides is 2. The van der Waals surface area contributed by atoms with Gasteiger partial charge in [0.1, 0.15) is 36.0 Å². The van der Waals surface area contributed by atoms with Crippen molar-refractivity contribution in [3.05, 3.63) is 197 Å². The summed E-state index contributed by atoms with van der Waals surface area (Å²) in [5.74, 6) is 11.8. The Bertz CT molecular complexity index is 3770. The second-order valence-corrected chi connectivity index (χ2v) is 21.3. The molecule has 0 radical (unpaired) electrons. The molecule has 2 aromatic carbocycles. The average Bonchev–Trinajstić information content (AvgIpc) is 1.99. The number of aliphatic hydroxyl groups excluding tert-OH is 2. The fourth-order valence-electron chi connectivity index (χ4n) is 6.99. The van der Waals surface area contributed by atoms with Gasteiger partial charge in [-0.1, -0.05) is 65.7 Å². The van der Waals surface area contributed by atoms with Crippen LogP contribution < -0.4 is 27.9 Å². The Morgan fingerprint density at radius 2 is 1.05 bits per heavy atom. The molecule has 30 nitrogen and oxygen atoms in total. The van der Waals surface area contributed by atoms with Crippen LogP contribution in [0.15, 0.2) is 156 Å². The van der Waals surface area contributed by atoms with Crippen molar-refractivity contribution in [2.75, 3.05) is 51.1 Å². The van der Waals surface area contributed by atoms with Crippen molar-refractivity contribution in [3.63, 3.8) is 0 Å². The van der Waals surface area contributed by atoms with Gasteiger partial charge in [0.25, 0.3) is 15.9 Å². The Labute approximate surface area is 540 Å². The molecule has 0 amide bonds. The zero-order valence-electron chi connectivity index (χ0n) is 50.6. The number of carbonyl (C=O) groups is 3. The summed E-state index contributed by atoms with van der Waals surface area (Å²) in [7, 11) is -3.68. The van der Waals surface area contributed by atoms with Crippen LogP contribution in [0.3, 0.4) is 0 Å². The van der Waals surface area contributed by atoms with E-state index in [1.807, 2.05) is 105 Å². The first kappa shape index (κ1) is 80.0. The number of benzene rings is 2. The number of esters is 2. The number of aryl methyl sites for hydroxylation is 6. The molecule has 0 spiro atoms. The van der Waals surface area contributed by atoms with Crippen LogP contribution in [0.5, 0.6) is 0 Å². The molecule has 8 heterocycles. The number of hydrogen-bond acceptors (Lipinski definition) is 26. The summed E-state index contributed by atoms with van der Waals surface area (Å²) in [5, 5.41) is 28.5. The molecule has 0 aliphatic rings. The van der Waals surface area contributed by atoms with Gasteiger partial charge in [-0.15, -0.1) is 38.1 Å². The molecule has 0 atom stereocenters. The average molecular weight is 1380 g/mol. The summed E-state index contributed by atoms with van der Waals surface area (Å²) in [5.41, 5.74) is 17.7. The van der Waals surface area contributed by atoms with Crippen molar-refractivity contribution in [2.45, 2.75) is 63.8 Å². The molecule has 0 aliphatic heterocycles. The predicted molar refractivity (Wildman–Crippen MR) is 331 cm³/mol. The minimum absolute atomic E-state index is 0.0590. The Balaban J connectivity index is 0.000000516. The Morgan fingerprint density at radius 1 is 0.626 bits per heavy atom. The first-order chi connectivity index (χ1) is 43.2. The molecule has 8 aromatic heterocycles. The van der Waals surface area contributed by atoms with E-state index in [0.717, 1.165) is 33.5 Å². The molecular weight excluding hydrogens is 1310 g/mol. The maximum atomic E-state index is 11.5. The first-order valence-corrected chi connectivity index (χ1v) is 30.6. The van der Waals surface area contributed by atoms with Gasteiger partial charge in [0, 0.05) is 30.9 Å². The third-order valence-electron chi connectivity index (χ3n) is 10.6. The number of ether oxygens (including phenoxy) is 2. The summed E-state index contributed by atoms with van der Waals surface area (Å²) in [6, 6.07) is 34.8. The van der Waals surface area contributed by atoms with Crippen LogP contribution in [0.4, 0.5) is 11.6 Å². The number of aldehydes is 1. The molecule has 10 N–H and O–H groups in total. The van der Waals surface area contributed by atoms with Crippen molar-refractivity contribution in [2.24, 2.45) is 5.90 Å². The van der Waals surface area contributed by atoms with E-state index >= 15 is 0 Å². The predicted octanol–water partition coefficient (Wildman–Crippen LogP) is 4.61. The Morgan fingerprint density at radius 3 is 1.35 bits per heavy atom. The second kappa shape index (κ2) is 42.9. The summed E-state index contributed by atoms with van der Waals surface area (Å²) >= 11 is 9.10. The number of halogens is 2. The summed E-state index contributed by atoms with van der Waals surface area (Å²) in [6.45, 7) is 10.2. The number of hydrogen-bond donors (Lipinski definition) is 6. The normalized spacial score (nSPS) is 10.0.